The summed E-state index contributed by atoms with van der Waals surface area (Å²) in [5.74, 6) is 1.04. The Balaban J connectivity index is 1.78. The van der Waals surface area contributed by atoms with Gasteiger partial charge in [-0.25, -0.2) is 4.98 Å². The summed E-state index contributed by atoms with van der Waals surface area (Å²) in [6.45, 7) is 1.99. The maximum atomic E-state index is 12.4. The van der Waals surface area contributed by atoms with Crippen molar-refractivity contribution in [1.82, 2.24) is 9.97 Å². The Kier molecular flexibility index (Phi) is 4.74. The first kappa shape index (κ1) is 16.4. The first-order valence-corrected chi connectivity index (χ1v) is 7.92. The molecule has 0 unspecified atom stereocenters. The molecule has 0 fully saturated rings. The Hall–Kier alpha value is -2.50. The average molecular weight is 361 g/mol. The van der Waals surface area contributed by atoms with E-state index in [9.17, 15) is 4.79 Å². The summed E-state index contributed by atoms with van der Waals surface area (Å²) in [5, 5.41) is 6.50. The Morgan fingerprint density at radius 2 is 1.92 bits per heavy atom. The van der Waals surface area contributed by atoms with E-state index in [1.165, 1.54) is 0 Å². The summed E-state index contributed by atoms with van der Waals surface area (Å²) >= 11 is 12.1. The maximum Gasteiger partial charge on any atom is 0.258 e. The lowest BCUT2D eigenvalue weighted by Crippen LogP contribution is -2.13. The van der Waals surface area contributed by atoms with E-state index in [-0.39, 0.29) is 11.5 Å². The molecule has 0 radical (unpaired) electrons. The van der Waals surface area contributed by atoms with Gasteiger partial charge in [0.05, 0.1) is 15.6 Å². The molecule has 122 valence electrons. The van der Waals surface area contributed by atoms with Gasteiger partial charge >= 0.3 is 0 Å². The highest BCUT2D eigenvalue weighted by atomic mass is 35.5. The zero-order valence-corrected chi connectivity index (χ0v) is 14.2. The van der Waals surface area contributed by atoms with Gasteiger partial charge in [-0.3, -0.25) is 4.79 Å². The third kappa shape index (κ3) is 3.69. The first-order chi connectivity index (χ1) is 11.5. The number of aryl methyl sites for hydroxylation is 1. The van der Waals surface area contributed by atoms with E-state index in [2.05, 4.69) is 20.6 Å². The zero-order chi connectivity index (χ0) is 17.1. The second kappa shape index (κ2) is 6.95. The second-order valence-electron chi connectivity index (χ2n) is 5.20. The van der Waals surface area contributed by atoms with Crippen LogP contribution in [0.4, 0.5) is 17.3 Å². The van der Waals surface area contributed by atoms with E-state index in [4.69, 9.17) is 23.2 Å². The molecule has 0 aliphatic rings. The number of amides is 1. The van der Waals surface area contributed by atoms with Crippen LogP contribution in [0.25, 0.3) is 0 Å². The van der Waals surface area contributed by atoms with Crippen molar-refractivity contribution in [3.63, 3.8) is 0 Å². The highest BCUT2D eigenvalue weighted by molar-refractivity contribution is 6.40. The van der Waals surface area contributed by atoms with Crippen molar-refractivity contribution in [2.45, 2.75) is 6.92 Å². The Morgan fingerprint density at radius 1 is 1.17 bits per heavy atom. The molecule has 1 amide bonds. The van der Waals surface area contributed by atoms with Gasteiger partial charge in [0, 0.05) is 24.1 Å². The van der Waals surface area contributed by atoms with E-state index in [1.807, 2.05) is 19.2 Å². The number of carbonyl (C=O) groups is 1. The number of nitrogens with zero attached hydrogens (tertiary/aromatic N) is 1. The van der Waals surface area contributed by atoms with Crippen LogP contribution in [0.5, 0.6) is 0 Å². The molecular weight excluding hydrogens is 347 g/mol. The molecule has 1 aromatic carbocycles. The molecule has 3 aromatic rings. The van der Waals surface area contributed by atoms with Gasteiger partial charge < -0.3 is 15.6 Å². The van der Waals surface area contributed by atoms with Crippen molar-refractivity contribution in [1.29, 1.82) is 0 Å². The average Bonchev–Trinajstić information content (AvgIpc) is 2.92. The molecule has 0 aliphatic carbocycles. The number of aromatic amines is 1. The van der Waals surface area contributed by atoms with Crippen molar-refractivity contribution < 1.29 is 4.79 Å². The van der Waals surface area contributed by atoms with Crippen LogP contribution < -0.4 is 10.6 Å². The molecule has 7 heteroatoms. The molecule has 24 heavy (non-hydrogen) atoms. The van der Waals surface area contributed by atoms with E-state index >= 15 is 0 Å². The van der Waals surface area contributed by atoms with Crippen molar-refractivity contribution in [2.24, 2.45) is 0 Å². The van der Waals surface area contributed by atoms with Crippen LogP contribution in [0, 0.1) is 6.92 Å². The SMILES string of the molecule is Cc1c[nH]c(Nc2cc(NC(=O)c3c(Cl)cccc3Cl)ccn2)c1. The van der Waals surface area contributed by atoms with Crippen LogP contribution >= 0.6 is 23.2 Å². The normalized spacial score (nSPS) is 10.5. The van der Waals surface area contributed by atoms with Crippen LogP contribution in [-0.2, 0) is 0 Å². The fourth-order valence-corrected chi connectivity index (χ4v) is 2.77. The molecule has 0 saturated heterocycles. The summed E-state index contributed by atoms with van der Waals surface area (Å²) in [7, 11) is 0. The Morgan fingerprint density at radius 3 is 2.58 bits per heavy atom. The predicted octanol–water partition coefficient (Wildman–Crippen LogP) is 5.02. The number of nitrogens with one attached hydrogen (secondary N) is 3. The first-order valence-electron chi connectivity index (χ1n) is 7.16. The van der Waals surface area contributed by atoms with Gasteiger partial charge in [-0.05, 0) is 36.8 Å². The third-order valence-electron chi connectivity index (χ3n) is 3.30. The molecule has 2 heterocycles. The fraction of sp³-hybridized carbons (Fsp3) is 0.0588. The minimum absolute atomic E-state index is 0.243. The lowest BCUT2D eigenvalue weighted by Gasteiger charge is -2.10. The number of carbonyl (C=O) groups excluding carboxylic acids is 1. The number of H-pyrrole nitrogens is 1. The standard InChI is InChI=1S/C17H14Cl2N4O/c1-10-7-14(21-9-10)23-15-8-11(5-6-20-15)22-17(24)16-12(18)3-2-4-13(16)19/h2-9,21H,1H3,(H2,20,22,23,24). The van der Waals surface area contributed by atoms with Gasteiger partial charge in [0.15, 0.2) is 0 Å². The van der Waals surface area contributed by atoms with E-state index < -0.39 is 0 Å². The molecule has 3 N–H and O–H groups in total. The Bertz CT molecular complexity index is 872. The number of halogens is 2. The highest BCUT2D eigenvalue weighted by Crippen LogP contribution is 2.25. The number of pyridine rings is 1. The molecule has 0 aliphatic heterocycles. The molecule has 0 bridgehead atoms. The van der Waals surface area contributed by atoms with E-state index in [1.54, 1.807) is 36.5 Å². The summed E-state index contributed by atoms with van der Waals surface area (Å²) in [6.07, 6.45) is 3.48. The summed E-state index contributed by atoms with van der Waals surface area (Å²) in [4.78, 5) is 19.7. The van der Waals surface area contributed by atoms with Gasteiger partial charge in [-0.15, -0.1) is 0 Å². The van der Waals surface area contributed by atoms with Gasteiger partial charge in [-0.2, -0.15) is 0 Å². The van der Waals surface area contributed by atoms with Gasteiger partial charge in [0.25, 0.3) is 5.91 Å². The van der Waals surface area contributed by atoms with Gasteiger partial charge in [-0.1, -0.05) is 29.3 Å². The number of rotatable bonds is 4. The molecule has 2 aromatic heterocycles. The quantitative estimate of drug-likeness (QED) is 0.611. The number of benzene rings is 1. The van der Waals surface area contributed by atoms with Crippen LogP contribution in [0.15, 0.2) is 48.8 Å². The number of anilines is 3. The molecule has 5 nitrogen and oxygen atoms in total. The largest absolute Gasteiger partial charge is 0.348 e. The molecule has 3 rings (SSSR count). The summed E-state index contributed by atoms with van der Waals surface area (Å²) < 4.78 is 0. The van der Waals surface area contributed by atoms with Crippen LogP contribution in [0.3, 0.4) is 0 Å². The minimum atomic E-state index is -0.376. The molecule has 0 saturated carbocycles. The van der Waals surface area contributed by atoms with Crippen molar-refractivity contribution in [3.05, 3.63) is 70.0 Å². The number of hydrogen-bond acceptors (Lipinski definition) is 3. The van der Waals surface area contributed by atoms with Gasteiger partial charge in [0.1, 0.15) is 11.6 Å². The molecule has 0 atom stereocenters. The topological polar surface area (TPSA) is 69.8 Å². The molecule has 0 spiro atoms. The number of hydrogen-bond donors (Lipinski definition) is 3. The van der Waals surface area contributed by atoms with E-state index in [0.29, 0.717) is 21.6 Å². The van der Waals surface area contributed by atoms with E-state index in [0.717, 1.165) is 11.4 Å². The molecular formula is C17H14Cl2N4O. The second-order valence-corrected chi connectivity index (χ2v) is 6.01. The smallest absolute Gasteiger partial charge is 0.258 e. The van der Waals surface area contributed by atoms with Gasteiger partial charge in [0.2, 0.25) is 0 Å². The van der Waals surface area contributed by atoms with Crippen molar-refractivity contribution in [3.8, 4) is 0 Å². The minimum Gasteiger partial charge on any atom is -0.348 e. The highest BCUT2D eigenvalue weighted by Gasteiger charge is 2.14. The monoisotopic (exact) mass is 360 g/mol. The Labute approximate surface area is 149 Å². The van der Waals surface area contributed by atoms with Crippen LogP contribution in [0.2, 0.25) is 10.0 Å². The summed E-state index contributed by atoms with van der Waals surface area (Å²) in [6, 6.07) is 10.3. The summed E-state index contributed by atoms with van der Waals surface area (Å²) in [5.41, 5.74) is 1.93. The lowest BCUT2D eigenvalue weighted by molar-refractivity contribution is 0.102. The van der Waals surface area contributed by atoms with Crippen molar-refractivity contribution in [2.75, 3.05) is 10.6 Å². The zero-order valence-electron chi connectivity index (χ0n) is 12.7. The number of aromatic nitrogens is 2. The van der Waals surface area contributed by atoms with Crippen LogP contribution in [0.1, 0.15) is 15.9 Å². The maximum absolute atomic E-state index is 12.4. The van der Waals surface area contributed by atoms with Crippen molar-refractivity contribution >= 4 is 46.4 Å². The predicted molar refractivity (Wildman–Crippen MR) is 97.5 cm³/mol. The lowest BCUT2D eigenvalue weighted by atomic mass is 10.2. The van der Waals surface area contributed by atoms with Crippen LogP contribution in [-0.4, -0.2) is 15.9 Å². The third-order valence-corrected chi connectivity index (χ3v) is 3.93. The fourth-order valence-electron chi connectivity index (χ4n) is 2.20.